The molecule has 0 aliphatic heterocycles. The number of thiazole rings is 1. The van der Waals surface area contributed by atoms with Crippen LogP contribution in [0.25, 0.3) is 28.2 Å². The SMILES string of the molecule is Cc1cc(-c2cc(C(F)(F)F)nn2-c2ccc(S(N)(=O)=O)c(F)c2)ccc1-c1cscn1. The summed E-state index contributed by atoms with van der Waals surface area (Å²) >= 11 is 1.42. The van der Waals surface area contributed by atoms with Gasteiger partial charge in [0.2, 0.25) is 10.0 Å². The van der Waals surface area contributed by atoms with Crippen molar-refractivity contribution >= 4 is 21.4 Å². The van der Waals surface area contributed by atoms with E-state index in [-0.39, 0.29) is 11.4 Å². The number of alkyl halides is 3. The minimum Gasteiger partial charge on any atom is -0.245 e. The number of benzene rings is 2. The first kappa shape index (κ1) is 22.1. The Morgan fingerprint density at radius 3 is 2.41 bits per heavy atom. The van der Waals surface area contributed by atoms with Crippen molar-refractivity contribution in [2.75, 3.05) is 0 Å². The molecule has 6 nitrogen and oxygen atoms in total. The average molecular weight is 482 g/mol. The monoisotopic (exact) mass is 482 g/mol. The fourth-order valence-electron chi connectivity index (χ4n) is 3.23. The Balaban J connectivity index is 1.88. The van der Waals surface area contributed by atoms with Gasteiger partial charge in [-0.25, -0.2) is 27.6 Å². The molecule has 0 spiro atoms. The van der Waals surface area contributed by atoms with E-state index in [9.17, 15) is 26.0 Å². The number of primary sulfonamides is 1. The van der Waals surface area contributed by atoms with Crippen LogP contribution in [0, 0.1) is 12.7 Å². The highest BCUT2D eigenvalue weighted by molar-refractivity contribution is 7.89. The number of hydrogen-bond donors (Lipinski definition) is 1. The first-order valence-corrected chi connectivity index (χ1v) is 11.4. The van der Waals surface area contributed by atoms with Crippen LogP contribution in [0.3, 0.4) is 0 Å². The molecule has 0 radical (unpaired) electrons. The van der Waals surface area contributed by atoms with Gasteiger partial charge in [0.05, 0.1) is 22.6 Å². The highest BCUT2D eigenvalue weighted by Crippen LogP contribution is 2.35. The summed E-state index contributed by atoms with van der Waals surface area (Å²) < 4.78 is 78.3. The van der Waals surface area contributed by atoms with Gasteiger partial charge in [0.25, 0.3) is 0 Å². The predicted octanol–water partition coefficient (Wildman–Crippen LogP) is 4.78. The molecule has 0 bridgehead atoms. The highest BCUT2D eigenvalue weighted by Gasteiger charge is 2.35. The second kappa shape index (κ2) is 7.80. The largest absolute Gasteiger partial charge is 0.435 e. The zero-order chi connectivity index (χ0) is 23.3. The fourth-order valence-corrected chi connectivity index (χ4v) is 4.37. The summed E-state index contributed by atoms with van der Waals surface area (Å²) in [4.78, 5) is 3.47. The zero-order valence-corrected chi connectivity index (χ0v) is 17.9. The molecule has 0 aliphatic carbocycles. The molecule has 2 N–H and O–H groups in total. The summed E-state index contributed by atoms with van der Waals surface area (Å²) in [5, 5.41) is 10.4. The molecular weight excluding hydrogens is 468 g/mol. The van der Waals surface area contributed by atoms with Crippen LogP contribution in [0.1, 0.15) is 11.3 Å². The second-order valence-electron chi connectivity index (χ2n) is 6.89. The van der Waals surface area contributed by atoms with Crippen LogP contribution in [0.4, 0.5) is 17.6 Å². The first-order chi connectivity index (χ1) is 14.9. The van der Waals surface area contributed by atoms with E-state index in [0.29, 0.717) is 5.56 Å². The minimum atomic E-state index is -4.74. The van der Waals surface area contributed by atoms with Crippen molar-refractivity contribution in [3.63, 3.8) is 0 Å². The van der Waals surface area contributed by atoms with E-state index >= 15 is 0 Å². The van der Waals surface area contributed by atoms with Crippen molar-refractivity contribution in [3.05, 3.63) is 70.4 Å². The maximum absolute atomic E-state index is 14.4. The van der Waals surface area contributed by atoms with E-state index < -0.39 is 32.6 Å². The third-order valence-corrected chi connectivity index (χ3v) is 6.23. The lowest BCUT2D eigenvalue weighted by atomic mass is 10.0. The van der Waals surface area contributed by atoms with Crippen molar-refractivity contribution in [3.8, 4) is 28.2 Å². The minimum absolute atomic E-state index is 0.0491. The Kier molecular flexibility index (Phi) is 5.39. The summed E-state index contributed by atoms with van der Waals surface area (Å²) in [6, 6.07) is 8.66. The molecule has 0 atom stereocenters. The maximum Gasteiger partial charge on any atom is 0.435 e. The Morgan fingerprint density at radius 1 is 1.09 bits per heavy atom. The van der Waals surface area contributed by atoms with Gasteiger partial charge in [-0.15, -0.1) is 11.3 Å². The summed E-state index contributed by atoms with van der Waals surface area (Å²) in [5.41, 5.74) is 3.18. The molecule has 0 saturated heterocycles. The van der Waals surface area contributed by atoms with E-state index in [1.165, 1.54) is 11.3 Å². The number of sulfonamides is 1. The molecule has 4 aromatic rings. The molecule has 0 amide bonds. The summed E-state index contributed by atoms with van der Waals surface area (Å²) in [6.07, 6.45) is -4.74. The molecule has 166 valence electrons. The van der Waals surface area contributed by atoms with Gasteiger partial charge < -0.3 is 0 Å². The standard InChI is InChI=1S/C20H14F4N4O2S2/c1-11-6-12(2-4-14(11)16-9-31-10-26-16)17-8-19(20(22,23)24)27-28(17)13-3-5-18(15(21)7-13)32(25,29)30/h2-10H,1H3,(H2,25,29,30). The molecule has 32 heavy (non-hydrogen) atoms. The van der Waals surface area contributed by atoms with Crippen LogP contribution in [0.5, 0.6) is 0 Å². The first-order valence-electron chi connectivity index (χ1n) is 8.95. The lowest BCUT2D eigenvalue weighted by Crippen LogP contribution is -2.14. The number of hydrogen-bond acceptors (Lipinski definition) is 5. The third-order valence-electron chi connectivity index (χ3n) is 4.70. The Labute approximate surface area is 184 Å². The average Bonchev–Trinajstić information content (AvgIpc) is 3.36. The molecule has 0 fully saturated rings. The van der Waals surface area contributed by atoms with Crippen LogP contribution in [0.2, 0.25) is 0 Å². The third kappa shape index (κ3) is 4.16. The number of aryl methyl sites for hydroxylation is 1. The predicted molar refractivity (Wildman–Crippen MR) is 111 cm³/mol. The van der Waals surface area contributed by atoms with Crippen molar-refractivity contribution in [1.29, 1.82) is 0 Å². The lowest BCUT2D eigenvalue weighted by Gasteiger charge is -2.11. The molecule has 0 saturated carbocycles. The van der Waals surface area contributed by atoms with E-state index in [2.05, 4.69) is 10.1 Å². The molecular formula is C20H14F4N4O2S2. The molecule has 2 aromatic heterocycles. The van der Waals surface area contributed by atoms with E-state index in [1.54, 1.807) is 30.6 Å². The summed E-state index contributed by atoms with van der Waals surface area (Å²) in [7, 11) is -4.33. The summed E-state index contributed by atoms with van der Waals surface area (Å²) in [6.45, 7) is 1.80. The second-order valence-corrected chi connectivity index (χ2v) is 9.14. The molecule has 12 heteroatoms. The normalized spacial score (nSPS) is 12.3. The number of halogens is 4. The number of aromatic nitrogens is 3. The quantitative estimate of drug-likeness (QED) is 0.424. The van der Waals surface area contributed by atoms with E-state index in [1.807, 2.05) is 5.38 Å². The van der Waals surface area contributed by atoms with Crippen LogP contribution in [-0.4, -0.2) is 23.2 Å². The van der Waals surface area contributed by atoms with Gasteiger partial charge in [-0.1, -0.05) is 12.1 Å². The van der Waals surface area contributed by atoms with Crippen LogP contribution >= 0.6 is 11.3 Å². The van der Waals surface area contributed by atoms with E-state index in [0.717, 1.165) is 45.8 Å². The molecule has 0 aliphatic rings. The van der Waals surface area contributed by atoms with Gasteiger partial charge in [-0.3, -0.25) is 0 Å². The van der Waals surface area contributed by atoms with Crippen LogP contribution < -0.4 is 5.14 Å². The van der Waals surface area contributed by atoms with Gasteiger partial charge in [0, 0.05) is 22.6 Å². The van der Waals surface area contributed by atoms with Gasteiger partial charge in [0.1, 0.15) is 10.7 Å². The molecule has 2 aromatic carbocycles. The Morgan fingerprint density at radius 2 is 1.84 bits per heavy atom. The number of nitrogens with two attached hydrogens (primary N) is 1. The topological polar surface area (TPSA) is 90.9 Å². The maximum atomic E-state index is 14.4. The van der Waals surface area contributed by atoms with Gasteiger partial charge >= 0.3 is 6.18 Å². The van der Waals surface area contributed by atoms with Gasteiger partial charge in [-0.2, -0.15) is 18.3 Å². The van der Waals surface area contributed by atoms with E-state index in [4.69, 9.17) is 5.14 Å². The Bertz CT molecular complexity index is 1410. The zero-order valence-electron chi connectivity index (χ0n) is 16.3. The van der Waals surface area contributed by atoms with Crippen molar-refractivity contribution in [1.82, 2.24) is 14.8 Å². The Hall–Kier alpha value is -3.09. The lowest BCUT2D eigenvalue weighted by molar-refractivity contribution is -0.141. The smallest absolute Gasteiger partial charge is 0.245 e. The summed E-state index contributed by atoms with van der Waals surface area (Å²) in [5.74, 6) is -1.20. The van der Waals surface area contributed by atoms with Crippen molar-refractivity contribution in [2.24, 2.45) is 5.14 Å². The van der Waals surface area contributed by atoms with Crippen LogP contribution in [-0.2, 0) is 16.2 Å². The molecule has 0 unspecified atom stereocenters. The number of nitrogens with zero attached hydrogens (tertiary/aromatic N) is 3. The van der Waals surface area contributed by atoms with Crippen molar-refractivity contribution < 1.29 is 26.0 Å². The van der Waals surface area contributed by atoms with Gasteiger partial charge in [-0.05, 0) is 36.8 Å². The number of rotatable bonds is 4. The fraction of sp³-hybridized carbons (Fsp3) is 0.100. The molecule has 2 heterocycles. The van der Waals surface area contributed by atoms with Crippen molar-refractivity contribution in [2.45, 2.75) is 18.0 Å². The van der Waals surface area contributed by atoms with Crippen LogP contribution in [0.15, 0.2) is 58.3 Å². The molecule has 4 rings (SSSR count). The van der Waals surface area contributed by atoms with Gasteiger partial charge in [0.15, 0.2) is 5.69 Å². The highest BCUT2D eigenvalue weighted by atomic mass is 32.2.